The number of aromatic nitrogens is 2. The van der Waals surface area contributed by atoms with Gasteiger partial charge in [0, 0.05) is 17.2 Å². The molecule has 6 nitrogen and oxygen atoms in total. The number of carbonyl (C=O) groups excluding carboxylic acids is 1. The van der Waals surface area contributed by atoms with Crippen molar-refractivity contribution >= 4 is 5.91 Å². The third kappa shape index (κ3) is 3.90. The lowest BCUT2D eigenvalue weighted by Gasteiger charge is -2.30. The summed E-state index contributed by atoms with van der Waals surface area (Å²) in [5.74, 6) is 1.58. The number of hydrogen-bond donors (Lipinski definition) is 1. The zero-order valence-electron chi connectivity index (χ0n) is 18.5. The number of unbranched alkanes of at least 4 members (excludes halogenated alkanes) is 1. The molecule has 1 aromatic heterocycles. The maximum absolute atomic E-state index is 13.3. The van der Waals surface area contributed by atoms with Gasteiger partial charge in [0.25, 0.3) is 5.91 Å². The van der Waals surface area contributed by atoms with Gasteiger partial charge in [-0.1, -0.05) is 25.5 Å². The SMILES string of the molecule is CCCCOc1cccc(C2c3c(-c4ccc(OC)cc4)n[nH]c3C(=O)N2C(C)C)c1. The van der Waals surface area contributed by atoms with Crippen LogP contribution in [0, 0.1) is 0 Å². The molecule has 0 saturated carbocycles. The predicted molar refractivity (Wildman–Crippen MR) is 121 cm³/mol. The molecule has 2 heterocycles. The van der Waals surface area contributed by atoms with E-state index in [1.165, 1.54) is 0 Å². The Bertz CT molecular complexity index is 1060. The number of nitrogens with zero attached hydrogens (tertiary/aromatic N) is 2. The van der Waals surface area contributed by atoms with E-state index in [9.17, 15) is 4.79 Å². The third-order valence-corrected chi connectivity index (χ3v) is 5.66. The average molecular weight is 420 g/mol. The van der Waals surface area contributed by atoms with E-state index in [0.717, 1.165) is 46.7 Å². The first-order valence-corrected chi connectivity index (χ1v) is 10.8. The second-order valence-electron chi connectivity index (χ2n) is 8.07. The number of fused-ring (bicyclic) bond motifs is 1. The monoisotopic (exact) mass is 419 g/mol. The van der Waals surface area contributed by atoms with Gasteiger partial charge in [-0.15, -0.1) is 0 Å². The second kappa shape index (κ2) is 8.84. The van der Waals surface area contributed by atoms with Crippen molar-refractivity contribution in [2.45, 2.75) is 45.7 Å². The van der Waals surface area contributed by atoms with Crippen molar-refractivity contribution in [1.82, 2.24) is 15.1 Å². The van der Waals surface area contributed by atoms with Crippen LogP contribution in [-0.2, 0) is 0 Å². The minimum absolute atomic E-state index is 0.0282. The number of carbonyl (C=O) groups is 1. The van der Waals surface area contributed by atoms with Crippen LogP contribution in [0.2, 0.25) is 0 Å². The molecule has 0 aliphatic carbocycles. The number of rotatable bonds is 8. The molecule has 0 radical (unpaired) electrons. The van der Waals surface area contributed by atoms with Crippen LogP contribution in [0.15, 0.2) is 48.5 Å². The van der Waals surface area contributed by atoms with Crippen LogP contribution in [0.1, 0.15) is 61.3 Å². The number of H-pyrrole nitrogens is 1. The van der Waals surface area contributed by atoms with Crippen LogP contribution in [0.4, 0.5) is 0 Å². The minimum atomic E-state index is -0.229. The molecule has 1 atom stereocenters. The first-order chi connectivity index (χ1) is 15.0. The average Bonchev–Trinajstić information content (AvgIpc) is 3.33. The van der Waals surface area contributed by atoms with Crippen LogP contribution >= 0.6 is 0 Å². The number of amides is 1. The summed E-state index contributed by atoms with van der Waals surface area (Å²) in [5, 5.41) is 7.52. The van der Waals surface area contributed by atoms with E-state index in [-0.39, 0.29) is 18.0 Å². The van der Waals surface area contributed by atoms with Crippen molar-refractivity contribution in [2.24, 2.45) is 0 Å². The van der Waals surface area contributed by atoms with Crippen LogP contribution < -0.4 is 9.47 Å². The van der Waals surface area contributed by atoms with E-state index in [4.69, 9.17) is 9.47 Å². The Morgan fingerprint density at radius 1 is 1.13 bits per heavy atom. The summed E-state index contributed by atoms with van der Waals surface area (Å²) >= 11 is 0. The van der Waals surface area contributed by atoms with Crippen LogP contribution in [0.25, 0.3) is 11.3 Å². The quantitative estimate of drug-likeness (QED) is 0.509. The molecular weight excluding hydrogens is 390 g/mol. The number of ether oxygens (including phenoxy) is 2. The van der Waals surface area contributed by atoms with Crippen LogP contribution in [0.3, 0.4) is 0 Å². The summed E-state index contributed by atoms with van der Waals surface area (Å²) < 4.78 is 11.2. The normalized spacial score (nSPS) is 15.5. The Morgan fingerprint density at radius 3 is 2.58 bits per heavy atom. The Balaban J connectivity index is 1.78. The topological polar surface area (TPSA) is 67.5 Å². The maximum Gasteiger partial charge on any atom is 0.273 e. The van der Waals surface area contributed by atoms with E-state index >= 15 is 0 Å². The molecule has 1 N–H and O–H groups in total. The molecule has 162 valence electrons. The Kier molecular flexibility index (Phi) is 5.98. The highest BCUT2D eigenvalue weighted by atomic mass is 16.5. The molecule has 3 aromatic rings. The van der Waals surface area contributed by atoms with Crippen LogP contribution in [-0.4, -0.2) is 40.8 Å². The Labute approximate surface area is 183 Å². The van der Waals surface area contributed by atoms with E-state index in [0.29, 0.717) is 12.3 Å². The fourth-order valence-electron chi connectivity index (χ4n) is 4.10. The highest BCUT2D eigenvalue weighted by Crippen LogP contribution is 2.44. The lowest BCUT2D eigenvalue weighted by molar-refractivity contribution is 0.0687. The standard InChI is InChI=1S/C25H29N3O3/c1-5-6-14-31-20-9-7-8-18(15-20)24-21-22(17-10-12-19(30-4)13-11-17)26-27-23(21)25(29)28(24)16(2)3/h7-13,15-16,24H,5-6,14H2,1-4H3,(H,26,27). The van der Waals surface area contributed by atoms with Crippen molar-refractivity contribution < 1.29 is 14.3 Å². The van der Waals surface area contributed by atoms with Gasteiger partial charge >= 0.3 is 0 Å². The number of aromatic amines is 1. The molecule has 31 heavy (non-hydrogen) atoms. The molecule has 4 rings (SSSR count). The number of methoxy groups -OCH3 is 1. The van der Waals surface area contributed by atoms with Crippen molar-refractivity contribution in [1.29, 1.82) is 0 Å². The van der Waals surface area contributed by atoms with E-state index in [1.807, 2.05) is 61.2 Å². The molecule has 0 saturated heterocycles. The van der Waals surface area contributed by atoms with Gasteiger partial charge in [-0.05, 0) is 62.2 Å². The summed E-state index contributed by atoms with van der Waals surface area (Å²) in [7, 11) is 1.64. The summed E-state index contributed by atoms with van der Waals surface area (Å²) in [4.78, 5) is 15.2. The van der Waals surface area contributed by atoms with Crippen molar-refractivity contribution in [3.63, 3.8) is 0 Å². The van der Waals surface area contributed by atoms with Gasteiger partial charge < -0.3 is 14.4 Å². The molecule has 2 aromatic carbocycles. The number of benzene rings is 2. The smallest absolute Gasteiger partial charge is 0.273 e. The first kappa shape index (κ1) is 21.0. The molecule has 1 aliphatic heterocycles. The maximum atomic E-state index is 13.3. The summed E-state index contributed by atoms with van der Waals surface area (Å²) in [6, 6.07) is 15.6. The summed E-state index contributed by atoms with van der Waals surface area (Å²) in [5.41, 5.74) is 4.22. The number of nitrogens with one attached hydrogen (secondary N) is 1. The van der Waals surface area contributed by atoms with Gasteiger partial charge in [-0.25, -0.2) is 0 Å². The third-order valence-electron chi connectivity index (χ3n) is 5.66. The zero-order chi connectivity index (χ0) is 22.0. The second-order valence-corrected chi connectivity index (χ2v) is 8.07. The van der Waals surface area contributed by atoms with Crippen molar-refractivity contribution in [3.8, 4) is 22.8 Å². The molecule has 1 amide bonds. The fraction of sp³-hybridized carbons (Fsp3) is 0.360. The van der Waals surface area contributed by atoms with Gasteiger partial charge in [-0.3, -0.25) is 9.89 Å². The lowest BCUT2D eigenvalue weighted by atomic mass is 9.95. The molecule has 6 heteroatoms. The van der Waals surface area contributed by atoms with Gasteiger partial charge in [0.05, 0.1) is 25.5 Å². The highest BCUT2D eigenvalue weighted by Gasteiger charge is 2.43. The number of hydrogen-bond acceptors (Lipinski definition) is 4. The molecule has 1 unspecified atom stereocenters. The van der Waals surface area contributed by atoms with Gasteiger partial charge in [0.2, 0.25) is 0 Å². The largest absolute Gasteiger partial charge is 0.497 e. The predicted octanol–water partition coefficient (Wildman–Crippen LogP) is 5.22. The first-order valence-electron chi connectivity index (χ1n) is 10.8. The summed E-state index contributed by atoms with van der Waals surface area (Å²) in [6.07, 6.45) is 2.10. The van der Waals surface area contributed by atoms with Gasteiger partial charge in [-0.2, -0.15) is 5.10 Å². The Morgan fingerprint density at radius 2 is 1.90 bits per heavy atom. The zero-order valence-corrected chi connectivity index (χ0v) is 18.5. The minimum Gasteiger partial charge on any atom is -0.497 e. The summed E-state index contributed by atoms with van der Waals surface area (Å²) in [6.45, 7) is 6.91. The van der Waals surface area contributed by atoms with E-state index < -0.39 is 0 Å². The van der Waals surface area contributed by atoms with Gasteiger partial charge in [0.1, 0.15) is 17.2 Å². The molecule has 0 fully saturated rings. The molecule has 0 spiro atoms. The lowest BCUT2D eigenvalue weighted by Crippen LogP contribution is -2.35. The fourth-order valence-corrected chi connectivity index (χ4v) is 4.10. The molecular formula is C25H29N3O3. The van der Waals surface area contributed by atoms with Crippen LogP contribution in [0.5, 0.6) is 11.5 Å². The highest BCUT2D eigenvalue weighted by molar-refractivity contribution is 6.00. The van der Waals surface area contributed by atoms with Gasteiger partial charge in [0.15, 0.2) is 0 Å². The molecule has 1 aliphatic rings. The van der Waals surface area contributed by atoms with Crippen molar-refractivity contribution in [3.05, 3.63) is 65.4 Å². The Hall–Kier alpha value is -3.28. The van der Waals surface area contributed by atoms with E-state index in [1.54, 1.807) is 7.11 Å². The van der Waals surface area contributed by atoms with E-state index in [2.05, 4.69) is 23.2 Å². The molecule has 0 bridgehead atoms. The van der Waals surface area contributed by atoms with Crippen molar-refractivity contribution in [2.75, 3.05) is 13.7 Å².